The molecule has 0 aromatic carbocycles. The maximum Gasteiger partial charge on any atom is 0.311 e. The quantitative estimate of drug-likeness (QED) is 0.664. The van der Waals surface area contributed by atoms with Gasteiger partial charge in [-0.25, -0.2) is 0 Å². The van der Waals surface area contributed by atoms with E-state index in [0.717, 1.165) is 0 Å². The summed E-state index contributed by atoms with van der Waals surface area (Å²) >= 11 is 3.22. The van der Waals surface area contributed by atoms with Gasteiger partial charge >= 0.3 is 5.69 Å². The first-order valence-corrected chi connectivity index (χ1v) is 5.39. The SMILES string of the molecule is COCC(C)Nc1c(Br)cncc1[N+](=O)[O-]. The number of nitro groups is 1. The van der Waals surface area contributed by atoms with Gasteiger partial charge in [-0.15, -0.1) is 0 Å². The summed E-state index contributed by atoms with van der Waals surface area (Å²) in [6, 6.07) is -0.0256. The number of methoxy groups -OCH3 is 1. The molecule has 1 heterocycles. The second-order valence-electron chi connectivity index (χ2n) is 3.27. The van der Waals surface area contributed by atoms with Gasteiger partial charge in [0.1, 0.15) is 11.9 Å². The van der Waals surface area contributed by atoms with Crippen molar-refractivity contribution in [3.63, 3.8) is 0 Å². The topological polar surface area (TPSA) is 77.3 Å². The minimum atomic E-state index is -0.473. The summed E-state index contributed by atoms with van der Waals surface area (Å²) in [6.07, 6.45) is 2.72. The molecule has 1 aromatic rings. The van der Waals surface area contributed by atoms with Crippen LogP contribution in [0.25, 0.3) is 0 Å². The van der Waals surface area contributed by atoms with Crippen LogP contribution in [0.15, 0.2) is 16.9 Å². The van der Waals surface area contributed by atoms with Gasteiger partial charge in [-0.3, -0.25) is 15.1 Å². The lowest BCUT2D eigenvalue weighted by Gasteiger charge is -2.14. The van der Waals surface area contributed by atoms with Crippen molar-refractivity contribution >= 4 is 27.3 Å². The molecule has 0 amide bonds. The van der Waals surface area contributed by atoms with Gasteiger partial charge < -0.3 is 10.1 Å². The monoisotopic (exact) mass is 289 g/mol. The zero-order valence-corrected chi connectivity index (χ0v) is 10.5. The number of ether oxygens (including phenoxy) is 1. The van der Waals surface area contributed by atoms with E-state index in [1.54, 1.807) is 7.11 Å². The van der Waals surface area contributed by atoms with E-state index in [4.69, 9.17) is 4.74 Å². The van der Waals surface area contributed by atoms with Crippen LogP contribution in [0.1, 0.15) is 6.92 Å². The van der Waals surface area contributed by atoms with Gasteiger partial charge in [0, 0.05) is 19.3 Å². The number of pyridine rings is 1. The fourth-order valence-corrected chi connectivity index (χ4v) is 1.68. The Balaban J connectivity index is 2.97. The largest absolute Gasteiger partial charge is 0.383 e. The maximum atomic E-state index is 10.8. The van der Waals surface area contributed by atoms with Crippen molar-refractivity contribution in [2.45, 2.75) is 13.0 Å². The summed E-state index contributed by atoms with van der Waals surface area (Å²) < 4.78 is 5.51. The highest BCUT2D eigenvalue weighted by atomic mass is 79.9. The zero-order valence-electron chi connectivity index (χ0n) is 8.94. The van der Waals surface area contributed by atoms with E-state index >= 15 is 0 Å². The van der Waals surface area contributed by atoms with Crippen molar-refractivity contribution < 1.29 is 9.66 Å². The molecule has 0 fully saturated rings. The molecular formula is C9H12BrN3O3. The lowest BCUT2D eigenvalue weighted by molar-refractivity contribution is -0.384. The van der Waals surface area contributed by atoms with E-state index in [1.807, 2.05) is 6.92 Å². The minimum Gasteiger partial charge on any atom is -0.383 e. The van der Waals surface area contributed by atoms with Crippen LogP contribution in [0.3, 0.4) is 0 Å². The van der Waals surface area contributed by atoms with Crippen molar-refractivity contribution in [1.29, 1.82) is 0 Å². The highest BCUT2D eigenvalue weighted by Gasteiger charge is 2.18. The summed E-state index contributed by atoms with van der Waals surface area (Å²) in [5.41, 5.74) is 0.363. The highest BCUT2D eigenvalue weighted by Crippen LogP contribution is 2.31. The van der Waals surface area contributed by atoms with Gasteiger partial charge in [0.15, 0.2) is 0 Å². The Hall–Kier alpha value is -1.21. The van der Waals surface area contributed by atoms with E-state index in [2.05, 4.69) is 26.2 Å². The normalized spacial score (nSPS) is 12.2. The molecule has 6 nitrogen and oxygen atoms in total. The van der Waals surface area contributed by atoms with Crippen molar-refractivity contribution in [1.82, 2.24) is 4.98 Å². The van der Waals surface area contributed by atoms with E-state index in [1.165, 1.54) is 12.4 Å². The fraction of sp³-hybridized carbons (Fsp3) is 0.444. The molecule has 1 rings (SSSR count). The van der Waals surface area contributed by atoms with Crippen LogP contribution in [-0.4, -0.2) is 29.7 Å². The third-order valence-corrected chi connectivity index (χ3v) is 2.49. The lowest BCUT2D eigenvalue weighted by Crippen LogP contribution is -2.21. The smallest absolute Gasteiger partial charge is 0.311 e. The molecule has 0 saturated carbocycles. The van der Waals surface area contributed by atoms with Gasteiger partial charge in [-0.2, -0.15) is 0 Å². The highest BCUT2D eigenvalue weighted by molar-refractivity contribution is 9.10. The number of halogens is 1. The average molecular weight is 290 g/mol. The molecule has 0 radical (unpaired) electrons. The summed E-state index contributed by atoms with van der Waals surface area (Å²) in [6.45, 7) is 2.34. The van der Waals surface area contributed by atoms with E-state index in [0.29, 0.717) is 16.8 Å². The second-order valence-corrected chi connectivity index (χ2v) is 4.13. The summed E-state index contributed by atoms with van der Waals surface area (Å²) in [5, 5.41) is 13.8. The molecule has 1 N–H and O–H groups in total. The number of nitrogens with zero attached hydrogens (tertiary/aromatic N) is 2. The van der Waals surface area contributed by atoms with Crippen LogP contribution >= 0.6 is 15.9 Å². The first kappa shape index (κ1) is 12.9. The van der Waals surface area contributed by atoms with Crippen LogP contribution in [-0.2, 0) is 4.74 Å². The standard InChI is InChI=1S/C9H12BrN3O3/c1-6(5-16-2)12-9-7(10)3-11-4-8(9)13(14)15/h3-4,6H,5H2,1-2H3,(H,11,12). The average Bonchev–Trinajstić information content (AvgIpc) is 2.21. The molecular weight excluding hydrogens is 278 g/mol. The molecule has 1 aromatic heterocycles. The Kier molecular flexibility index (Phi) is 4.63. The predicted octanol–water partition coefficient (Wildman–Crippen LogP) is 2.20. The number of hydrogen-bond donors (Lipinski definition) is 1. The summed E-state index contributed by atoms with van der Waals surface area (Å²) in [5.74, 6) is 0. The van der Waals surface area contributed by atoms with E-state index in [9.17, 15) is 10.1 Å². The molecule has 7 heteroatoms. The van der Waals surface area contributed by atoms with Gasteiger partial charge in [0.05, 0.1) is 16.0 Å². The number of aromatic nitrogens is 1. The van der Waals surface area contributed by atoms with Crippen molar-refractivity contribution in [3.8, 4) is 0 Å². The van der Waals surface area contributed by atoms with Gasteiger partial charge in [0.25, 0.3) is 0 Å². The predicted molar refractivity (Wildman–Crippen MR) is 63.6 cm³/mol. The lowest BCUT2D eigenvalue weighted by atomic mass is 10.3. The van der Waals surface area contributed by atoms with Crippen molar-refractivity contribution in [2.75, 3.05) is 19.0 Å². The molecule has 0 saturated heterocycles. The summed E-state index contributed by atoms with van der Waals surface area (Å²) in [4.78, 5) is 14.1. The number of anilines is 1. The molecule has 0 bridgehead atoms. The molecule has 0 aliphatic heterocycles. The summed E-state index contributed by atoms with van der Waals surface area (Å²) in [7, 11) is 1.58. The second kappa shape index (κ2) is 5.76. The number of hydrogen-bond acceptors (Lipinski definition) is 5. The Labute approximate surface area is 101 Å². The van der Waals surface area contributed by atoms with E-state index in [-0.39, 0.29) is 11.7 Å². The van der Waals surface area contributed by atoms with Gasteiger partial charge in [-0.05, 0) is 22.9 Å². The van der Waals surface area contributed by atoms with Gasteiger partial charge in [-0.1, -0.05) is 0 Å². The Morgan fingerprint density at radius 2 is 2.38 bits per heavy atom. The molecule has 1 unspecified atom stereocenters. The molecule has 88 valence electrons. The van der Waals surface area contributed by atoms with Crippen molar-refractivity contribution in [2.24, 2.45) is 0 Å². The number of nitrogens with one attached hydrogen (secondary N) is 1. The molecule has 1 atom stereocenters. The van der Waals surface area contributed by atoms with Crippen molar-refractivity contribution in [3.05, 3.63) is 27.0 Å². The zero-order chi connectivity index (χ0) is 12.1. The number of rotatable bonds is 5. The van der Waals surface area contributed by atoms with E-state index < -0.39 is 4.92 Å². The molecule has 0 aliphatic rings. The first-order chi connectivity index (χ1) is 7.56. The third kappa shape index (κ3) is 3.14. The Morgan fingerprint density at radius 3 is 2.94 bits per heavy atom. The van der Waals surface area contributed by atoms with Crippen LogP contribution in [0.5, 0.6) is 0 Å². The van der Waals surface area contributed by atoms with Crippen LogP contribution in [0, 0.1) is 10.1 Å². The Morgan fingerprint density at radius 1 is 1.69 bits per heavy atom. The molecule has 16 heavy (non-hydrogen) atoms. The third-order valence-electron chi connectivity index (χ3n) is 1.88. The minimum absolute atomic E-state index is 0.0256. The first-order valence-electron chi connectivity index (χ1n) is 4.59. The van der Waals surface area contributed by atoms with Crippen LogP contribution in [0.2, 0.25) is 0 Å². The van der Waals surface area contributed by atoms with Crippen LogP contribution < -0.4 is 5.32 Å². The van der Waals surface area contributed by atoms with Crippen LogP contribution in [0.4, 0.5) is 11.4 Å². The Bertz CT molecular complexity index is 386. The van der Waals surface area contributed by atoms with Gasteiger partial charge in [0.2, 0.25) is 0 Å². The molecule has 0 aliphatic carbocycles. The fourth-order valence-electron chi connectivity index (χ4n) is 1.24. The molecule has 0 spiro atoms. The maximum absolute atomic E-state index is 10.8.